The van der Waals surface area contributed by atoms with E-state index >= 15 is 0 Å². The number of fused-ring (bicyclic) bond motifs is 1. The van der Waals surface area contributed by atoms with Crippen LogP contribution in [0, 0.1) is 0 Å². The molecular weight excluding hydrogens is 258 g/mol. The molecule has 108 valence electrons. The maximum atomic E-state index is 11.9. The van der Waals surface area contributed by atoms with E-state index in [9.17, 15) is 9.59 Å². The quantitative estimate of drug-likeness (QED) is 0.809. The van der Waals surface area contributed by atoms with Crippen LogP contribution >= 0.6 is 0 Å². The van der Waals surface area contributed by atoms with E-state index < -0.39 is 0 Å². The Bertz CT molecular complexity index is 504. The number of nitrogens with one attached hydrogen (secondary N) is 1. The lowest BCUT2D eigenvalue weighted by Crippen LogP contribution is -2.43. The van der Waals surface area contributed by atoms with Crippen molar-refractivity contribution in [3.8, 4) is 5.75 Å². The molecule has 6 nitrogen and oxygen atoms in total. The van der Waals surface area contributed by atoms with Crippen LogP contribution in [0.3, 0.4) is 0 Å². The fourth-order valence-electron chi connectivity index (χ4n) is 2.02. The Morgan fingerprint density at radius 3 is 3.00 bits per heavy atom. The molecule has 1 aromatic carbocycles. The standard InChI is InChI=1S/C14H19N3O3/c1-10(8-15)16-13(18)6-7-17-11-4-2-3-5-12(11)20-9-14(17)19/h2-5,10H,6-9,15H2,1H3,(H,16,18)/t10-/m0/s1. The van der Waals surface area contributed by atoms with Crippen LogP contribution in [0.4, 0.5) is 5.69 Å². The molecule has 0 saturated heterocycles. The van der Waals surface area contributed by atoms with Gasteiger partial charge in [-0.3, -0.25) is 9.59 Å². The van der Waals surface area contributed by atoms with Crippen molar-refractivity contribution in [3.05, 3.63) is 24.3 Å². The monoisotopic (exact) mass is 277 g/mol. The van der Waals surface area contributed by atoms with Crippen LogP contribution in [-0.4, -0.2) is 37.6 Å². The topological polar surface area (TPSA) is 84.7 Å². The van der Waals surface area contributed by atoms with E-state index in [4.69, 9.17) is 10.5 Å². The van der Waals surface area contributed by atoms with Gasteiger partial charge in [-0.05, 0) is 19.1 Å². The average molecular weight is 277 g/mol. The molecule has 20 heavy (non-hydrogen) atoms. The zero-order valence-corrected chi connectivity index (χ0v) is 11.5. The van der Waals surface area contributed by atoms with Crippen molar-refractivity contribution >= 4 is 17.5 Å². The molecule has 1 aliphatic rings. The molecule has 0 fully saturated rings. The smallest absolute Gasteiger partial charge is 0.265 e. The summed E-state index contributed by atoms with van der Waals surface area (Å²) in [6, 6.07) is 7.25. The van der Waals surface area contributed by atoms with Gasteiger partial charge in [-0.1, -0.05) is 12.1 Å². The highest BCUT2D eigenvalue weighted by molar-refractivity contribution is 5.98. The molecule has 0 aromatic heterocycles. The third kappa shape index (κ3) is 3.27. The van der Waals surface area contributed by atoms with E-state index in [0.29, 0.717) is 24.5 Å². The molecule has 0 bridgehead atoms. The van der Waals surface area contributed by atoms with Gasteiger partial charge in [-0.25, -0.2) is 0 Å². The second-order valence-electron chi connectivity index (χ2n) is 4.76. The van der Waals surface area contributed by atoms with Crippen LogP contribution in [0.1, 0.15) is 13.3 Å². The van der Waals surface area contributed by atoms with Crippen molar-refractivity contribution in [1.29, 1.82) is 0 Å². The summed E-state index contributed by atoms with van der Waals surface area (Å²) >= 11 is 0. The van der Waals surface area contributed by atoms with Crippen molar-refractivity contribution < 1.29 is 14.3 Å². The molecule has 1 aromatic rings. The zero-order chi connectivity index (χ0) is 14.5. The van der Waals surface area contributed by atoms with E-state index in [1.165, 1.54) is 0 Å². The Kier molecular flexibility index (Phi) is 4.57. The van der Waals surface area contributed by atoms with E-state index in [2.05, 4.69) is 5.32 Å². The van der Waals surface area contributed by atoms with E-state index in [-0.39, 0.29) is 30.9 Å². The number of benzene rings is 1. The molecule has 2 rings (SSSR count). The molecule has 1 heterocycles. The van der Waals surface area contributed by atoms with Crippen molar-refractivity contribution in [2.75, 3.05) is 24.6 Å². The fourth-order valence-corrected chi connectivity index (χ4v) is 2.02. The number of hydrogen-bond donors (Lipinski definition) is 2. The number of ether oxygens (including phenoxy) is 1. The maximum absolute atomic E-state index is 11.9. The minimum Gasteiger partial charge on any atom is -0.482 e. The third-order valence-electron chi connectivity index (χ3n) is 3.13. The number of hydrogen-bond acceptors (Lipinski definition) is 4. The highest BCUT2D eigenvalue weighted by Crippen LogP contribution is 2.31. The first-order valence-corrected chi connectivity index (χ1v) is 6.63. The first-order chi connectivity index (χ1) is 9.61. The summed E-state index contributed by atoms with van der Waals surface area (Å²) in [5, 5.41) is 2.77. The lowest BCUT2D eigenvalue weighted by Gasteiger charge is -2.29. The third-order valence-corrected chi connectivity index (χ3v) is 3.13. The average Bonchev–Trinajstić information content (AvgIpc) is 2.46. The predicted octanol–water partition coefficient (Wildman–Crippen LogP) is 0.266. The van der Waals surface area contributed by atoms with Gasteiger partial charge in [0.2, 0.25) is 5.91 Å². The first-order valence-electron chi connectivity index (χ1n) is 6.63. The van der Waals surface area contributed by atoms with Gasteiger partial charge >= 0.3 is 0 Å². The first kappa shape index (κ1) is 14.3. The number of carbonyl (C=O) groups is 2. The Labute approximate surface area is 117 Å². The summed E-state index contributed by atoms with van der Waals surface area (Å²) in [6.07, 6.45) is 0.240. The Morgan fingerprint density at radius 2 is 2.25 bits per heavy atom. The molecule has 6 heteroatoms. The normalized spacial score (nSPS) is 15.3. The molecule has 0 spiro atoms. The molecule has 0 aliphatic carbocycles. The molecule has 3 N–H and O–H groups in total. The number of nitrogens with zero attached hydrogens (tertiary/aromatic N) is 1. The Morgan fingerprint density at radius 1 is 1.50 bits per heavy atom. The van der Waals surface area contributed by atoms with E-state index in [1.54, 1.807) is 4.90 Å². The summed E-state index contributed by atoms with van der Waals surface area (Å²) < 4.78 is 5.35. The molecular formula is C14H19N3O3. The molecule has 2 amide bonds. The second kappa shape index (κ2) is 6.38. The minimum atomic E-state index is -0.136. The van der Waals surface area contributed by atoms with Crippen molar-refractivity contribution in [3.63, 3.8) is 0 Å². The summed E-state index contributed by atoms with van der Waals surface area (Å²) in [5.74, 6) is 0.422. The number of anilines is 1. The zero-order valence-electron chi connectivity index (χ0n) is 11.5. The molecule has 0 radical (unpaired) electrons. The molecule has 1 atom stereocenters. The van der Waals surface area contributed by atoms with Crippen LogP contribution in [0.5, 0.6) is 5.75 Å². The lowest BCUT2D eigenvalue weighted by molar-refractivity contribution is -0.122. The van der Waals surface area contributed by atoms with Crippen molar-refractivity contribution in [2.45, 2.75) is 19.4 Å². The lowest BCUT2D eigenvalue weighted by atomic mass is 10.2. The van der Waals surface area contributed by atoms with Gasteiger partial charge in [0.05, 0.1) is 5.69 Å². The van der Waals surface area contributed by atoms with Crippen LogP contribution < -0.4 is 20.7 Å². The molecule has 0 saturated carbocycles. The van der Waals surface area contributed by atoms with Gasteiger partial charge in [0, 0.05) is 25.6 Å². The van der Waals surface area contributed by atoms with Crippen LogP contribution in [0.2, 0.25) is 0 Å². The van der Waals surface area contributed by atoms with Crippen LogP contribution in [0.25, 0.3) is 0 Å². The number of amides is 2. The molecule has 0 unspecified atom stereocenters. The van der Waals surface area contributed by atoms with E-state index in [0.717, 1.165) is 0 Å². The number of para-hydroxylation sites is 2. The fraction of sp³-hybridized carbons (Fsp3) is 0.429. The Hall–Kier alpha value is -2.08. The SMILES string of the molecule is C[C@@H](CN)NC(=O)CCN1C(=O)COc2ccccc21. The van der Waals surface area contributed by atoms with E-state index in [1.807, 2.05) is 31.2 Å². The number of carbonyl (C=O) groups excluding carboxylic acids is 2. The number of nitrogens with two attached hydrogens (primary N) is 1. The van der Waals surface area contributed by atoms with Gasteiger partial charge in [-0.2, -0.15) is 0 Å². The van der Waals surface area contributed by atoms with Gasteiger partial charge in [0.1, 0.15) is 5.75 Å². The van der Waals surface area contributed by atoms with Gasteiger partial charge in [0.25, 0.3) is 5.91 Å². The summed E-state index contributed by atoms with van der Waals surface area (Å²) in [5.41, 5.74) is 6.16. The van der Waals surface area contributed by atoms with Crippen LogP contribution in [0.15, 0.2) is 24.3 Å². The summed E-state index contributed by atoms with van der Waals surface area (Å²) in [6.45, 7) is 2.58. The maximum Gasteiger partial charge on any atom is 0.265 e. The largest absolute Gasteiger partial charge is 0.482 e. The van der Waals surface area contributed by atoms with Crippen molar-refractivity contribution in [2.24, 2.45) is 5.73 Å². The molecule has 1 aliphatic heterocycles. The summed E-state index contributed by atoms with van der Waals surface area (Å²) in [7, 11) is 0. The van der Waals surface area contributed by atoms with Crippen molar-refractivity contribution in [1.82, 2.24) is 5.32 Å². The Balaban J connectivity index is 1.99. The minimum absolute atomic E-state index is 0.0117. The highest BCUT2D eigenvalue weighted by Gasteiger charge is 2.25. The van der Waals surface area contributed by atoms with Gasteiger partial charge in [-0.15, -0.1) is 0 Å². The van der Waals surface area contributed by atoms with Gasteiger partial charge < -0.3 is 20.7 Å². The number of rotatable bonds is 5. The second-order valence-corrected chi connectivity index (χ2v) is 4.76. The summed E-state index contributed by atoms with van der Waals surface area (Å²) in [4.78, 5) is 25.2. The van der Waals surface area contributed by atoms with Crippen LogP contribution in [-0.2, 0) is 9.59 Å². The predicted molar refractivity (Wildman–Crippen MR) is 75.6 cm³/mol. The highest BCUT2D eigenvalue weighted by atomic mass is 16.5. The van der Waals surface area contributed by atoms with Gasteiger partial charge in [0.15, 0.2) is 6.61 Å².